The molecular weight excluding hydrogens is 479 g/mol. The van der Waals surface area contributed by atoms with Gasteiger partial charge in [0.2, 0.25) is 5.91 Å². The van der Waals surface area contributed by atoms with E-state index in [-0.39, 0.29) is 19.1 Å². The maximum atomic E-state index is 12.5. The topological polar surface area (TPSA) is 108 Å². The summed E-state index contributed by atoms with van der Waals surface area (Å²) in [7, 11) is 1.25. The smallest absolute Gasteiger partial charge is 0.268 e. The van der Waals surface area contributed by atoms with E-state index in [1.165, 1.54) is 44.9 Å². The van der Waals surface area contributed by atoms with Crippen LogP contribution in [0.4, 0.5) is 0 Å². The van der Waals surface area contributed by atoms with Gasteiger partial charge in [0.05, 0.1) is 39.9 Å². The number of aliphatic hydroxyl groups excluding tert-OH is 1. The summed E-state index contributed by atoms with van der Waals surface area (Å²) < 4.78 is 22.8. The van der Waals surface area contributed by atoms with Crippen molar-refractivity contribution in [1.29, 1.82) is 0 Å². The Morgan fingerprint density at radius 1 is 0.944 bits per heavy atom. The number of phosphoric acid groups is 1. The van der Waals surface area contributed by atoms with Gasteiger partial charge in [0, 0.05) is 6.42 Å². The van der Waals surface area contributed by atoms with Crippen LogP contribution in [-0.2, 0) is 18.4 Å². The monoisotopic (exact) mass is 534 g/mol. The molecule has 0 aromatic carbocycles. The molecule has 0 saturated heterocycles. The molecule has 36 heavy (non-hydrogen) atoms. The number of allylic oxidation sites excluding steroid dienone is 1. The average molecular weight is 535 g/mol. The second-order valence-corrected chi connectivity index (χ2v) is 12.2. The number of nitrogens with one attached hydrogen (secondary N) is 1. The van der Waals surface area contributed by atoms with Crippen molar-refractivity contribution in [3.8, 4) is 0 Å². The van der Waals surface area contributed by atoms with Crippen LogP contribution in [0.5, 0.6) is 0 Å². The highest BCUT2D eigenvalue weighted by atomic mass is 31.2. The number of hydrogen-bond acceptors (Lipinski definition) is 6. The molecule has 3 atom stereocenters. The van der Waals surface area contributed by atoms with E-state index < -0.39 is 20.0 Å². The standard InChI is InChI=1S/C27H55N2O6P/c1-6-8-10-12-14-15-16-18-20-26(30)25(28-27(31)21-19-17-13-11-9-7-2)24-35-36(32,33)34-23-22-29(3,4)5/h18,20,25-26,30H,6-17,19,21-24H2,1-5H3,(H-,28,31,32,33)/b20-18+. The fraction of sp³-hybridized carbons (Fsp3) is 0.889. The maximum Gasteiger partial charge on any atom is 0.268 e. The molecule has 8 nitrogen and oxygen atoms in total. The van der Waals surface area contributed by atoms with E-state index in [4.69, 9.17) is 9.05 Å². The van der Waals surface area contributed by atoms with Crippen LogP contribution in [0, 0.1) is 0 Å². The summed E-state index contributed by atoms with van der Waals surface area (Å²) in [5.41, 5.74) is 0. The van der Waals surface area contributed by atoms with Crippen molar-refractivity contribution in [3.05, 3.63) is 12.2 Å². The minimum Gasteiger partial charge on any atom is -0.756 e. The summed E-state index contributed by atoms with van der Waals surface area (Å²) >= 11 is 0. The van der Waals surface area contributed by atoms with Crippen LogP contribution >= 0.6 is 7.82 Å². The number of carbonyl (C=O) groups is 1. The molecule has 0 radical (unpaired) electrons. The third-order valence-electron chi connectivity index (χ3n) is 6.00. The Labute approximate surface area is 221 Å². The summed E-state index contributed by atoms with van der Waals surface area (Å²) in [5.74, 6) is -0.214. The molecule has 0 saturated carbocycles. The van der Waals surface area contributed by atoms with Crippen molar-refractivity contribution >= 4 is 13.7 Å². The van der Waals surface area contributed by atoms with Crippen molar-refractivity contribution in [2.24, 2.45) is 0 Å². The van der Waals surface area contributed by atoms with Crippen LogP contribution in [0.1, 0.15) is 104 Å². The van der Waals surface area contributed by atoms with E-state index in [9.17, 15) is 19.4 Å². The fourth-order valence-corrected chi connectivity index (χ4v) is 4.34. The van der Waals surface area contributed by atoms with Crippen molar-refractivity contribution in [2.45, 2.75) is 116 Å². The van der Waals surface area contributed by atoms with Gasteiger partial charge in [0.15, 0.2) is 0 Å². The lowest BCUT2D eigenvalue weighted by Crippen LogP contribution is -2.45. The van der Waals surface area contributed by atoms with Crippen LogP contribution in [0.3, 0.4) is 0 Å². The predicted octanol–water partition coefficient (Wildman–Crippen LogP) is 5.10. The zero-order chi connectivity index (χ0) is 27.3. The molecule has 0 aromatic heterocycles. The van der Waals surface area contributed by atoms with Gasteiger partial charge in [-0.3, -0.25) is 9.36 Å². The number of likely N-dealkylation sites (N-methyl/N-ethyl adjacent to an activating group) is 1. The Morgan fingerprint density at radius 3 is 2.08 bits per heavy atom. The van der Waals surface area contributed by atoms with Crippen molar-refractivity contribution in [1.82, 2.24) is 5.32 Å². The molecular formula is C27H55N2O6P. The van der Waals surface area contributed by atoms with Crippen LogP contribution in [0.25, 0.3) is 0 Å². The van der Waals surface area contributed by atoms with Gasteiger partial charge in [-0.2, -0.15) is 0 Å². The molecule has 0 fully saturated rings. The first-order chi connectivity index (χ1) is 17.0. The van der Waals surface area contributed by atoms with E-state index in [0.29, 0.717) is 17.4 Å². The fourth-order valence-electron chi connectivity index (χ4n) is 3.62. The maximum absolute atomic E-state index is 12.5. The lowest BCUT2D eigenvalue weighted by Gasteiger charge is -2.29. The highest BCUT2D eigenvalue weighted by molar-refractivity contribution is 7.45. The Balaban J connectivity index is 4.75. The van der Waals surface area contributed by atoms with Crippen molar-refractivity contribution < 1.29 is 32.9 Å². The number of phosphoric ester groups is 1. The third kappa shape index (κ3) is 22.4. The van der Waals surface area contributed by atoms with E-state index >= 15 is 0 Å². The zero-order valence-corrected chi connectivity index (χ0v) is 24.6. The van der Waals surface area contributed by atoms with Gasteiger partial charge in [-0.05, 0) is 19.3 Å². The number of carbonyl (C=O) groups excluding carboxylic acids is 1. The first-order valence-electron chi connectivity index (χ1n) is 14.1. The normalized spacial score (nSPS) is 15.6. The molecule has 214 valence electrons. The van der Waals surface area contributed by atoms with Crippen LogP contribution in [0.15, 0.2) is 12.2 Å². The van der Waals surface area contributed by atoms with Gasteiger partial charge < -0.3 is 28.8 Å². The summed E-state index contributed by atoms with van der Waals surface area (Å²) in [6.45, 7) is 4.48. The first-order valence-corrected chi connectivity index (χ1v) is 15.5. The molecule has 0 aliphatic carbocycles. The Bertz CT molecular complexity index is 624. The number of aliphatic hydroxyl groups is 1. The van der Waals surface area contributed by atoms with Gasteiger partial charge in [0.1, 0.15) is 13.2 Å². The van der Waals surface area contributed by atoms with Gasteiger partial charge in [0.25, 0.3) is 7.82 Å². The minimum atomic E-state index is -4.55. The quantitative estimate of drug-likeness (QED) is 0.0772. The number of quaternary nitrogens is 1. The second kappa shape index (κ2) is 21.2. The summed E-state index contributed by atoms with van der Waals surface area (Å²) in [6, 6.07) is -0.873. The Morgan fingerprint density at radius 2 is 1.50 bits per heavy atom. The molecule has 0 spiro atoms. The van der Waals surface area contributed by atoms with Crippen LogP contribution in [-0.4, -0.2) is 68.5 Å². The van der Waals surface area contributed by atoms with Gasteiger partial charge in [-0.1, -0.05) is 90.2 Å². The van der Waals surface area contributed by atoms with Crippen LogP contribution in [0.2, 0.25) is 0 Å². The first kappa shape index (κ1) is 35.2. The minimum absolute atomic E-state index is 0.0000469. The molecule has 0 aliphatic heterocycles. The predicted molar refractivity (Wildman–Crippen MR) is 145 cm³/mol. The lowest BCUT2D eigenvalue weighted by atomic mass is 10.1. The Kier molecular flexibility index (Phi) is 20.8. The number of rotatable bonds is 24. The molecule has 1 amide bonds. The van der Waals surface area contributed by atoms with E-state index in [1.807, 2.05) is 27.2 Å². The number of amides is 1. The SMILES string of the molecule is CCCCCCCC/C=C/C(O)C(COP(=O)([O-])OCC[N+](C)(C)C)NC(=O)CCCCCCCC. The number of hydrogen-bond donors (Lipinski definition) is 2. The van der Waals surface area contributed by atoms with Crippen LogP contribution < -0.4 is 10.2 Å². The second-order valence-electron chi connectivity index (χ2n) is 10.8. The van der Waals surface area contributed by atoms with Crippen molar-refractivity contribution in [3.63, 3.8) is 0 Å². The van der Waals surface area contributed by atoms with Gasteiger partial charge in [-0.25, -0.2) is 0 Å². The molecule has 3 unspecified atom stereocenters. The van der Waals surface area contributed by atoms with Gasteiger partial charge >= 0.3 is 0 Å². The third-order valence-corrected chi connectivity index (χ3v) is 6.96. The molecule has 2 N–H and O–H groups in total. The molecule has 0 rings (SSSR count). The zero-order valence-electron chi connectivity index (χ0n) is 23.7. The molecule has 0 aliphatic rings. The largest absolute Gasteiger partial charge is 0.756 e. The molecule has 0 heterocycles. The van der Waals surface area contributed by atoms with Gasteiger partial charge in [-0.15, -0.1) is 0 Å². The summed E-state index contributed by atoms with van der Waals surface area (Å²) in [6.07, 6.45) is 17.1. The highest BCUT2D eigenvalue weighted by Gasteiger charge is 2.23. The van der Waals surface area contributed by atoms with Crippen molar-refractivity contribution in [2.75, 3.05) is 40.9 Å². The van der Waals surface area contributed by atoms with E-state index in [0.717, 1.165) is 38.5 Å². The summed E-state index contributed by atoms with van der Waals surface area (Å²) in [5, 5.41) is 13.4. The highest BCUT2D eigenvalue weighted by Crippen LogP contribution is 2.38. The Hall–Kier alpha value is -0.760. The lowest BCUT2D eigenvalue weighted by molar-refractivity contribution is -0.870. The summed E-state index contributed by atoms with van der Waals surface area (Å²) in [4.78, 5) is 24.7. The number of unbranched alkanes of at least 4 members (excludes halogenated alkanes) is 11. The van der Waals surface area contributed by atoms with E-state index in [1.54, 1.807) is 6.08 Å². The number of nitrogens with zero attached hydrogens (tertiary/aromatic N) is 1. The molecule has 0 bridgehead atoms. The van der Waals surface area contributed by atoms with E-state index in [2.05, 4.69) is 19.2 Å². The molecule has 9 heteroatoms. The molecule has 0 aromatic rings. The average Bonchev–Trinajstić information content (AvgIpc) is 2.79.